The molecule has 3 N–H and O–H groups in total. The van der Waals surface area contributed by atoms with E-state index < -0.39 is 18.3 Å². The summed E-state index contributed by atoms with van der Waals surface area (Å²) in [6.45, 7) is 2.73. The number of rotatable bonds is 3. The van der Waals surface area contributed by atoms with Gasteiger partial charge in [0.2, 0.25) is 0 Å². The van der Waals surface area contributed by atoms with Gasteiger partial charge in [0, 0.05) is 19.1 Å². The highest BCUT2D eigenvalue weighted by Crippen LogP contribution is 2.19. The topological polar surface area (TPSA) is 63.9 Å². The third-order valence-corrected chi connectivity index (χ3v) is 3.81. The molecule has 1 aromatic rings. The normalized spacial score (nSPS) is 32.5. The molecule has 1 fully saturated rings. The van der Waals surface area contributed by atoms with Crippen molar-refractivity contribution in [3.05, 3.63) is 35.6 Å². The standard InChI is InChI=1S/C14H20FNO3/c1-9-13(18)14(19)12(17)8-16(9)6-5-10-3-2-4-11(15)7-10/h2-4,7,9,12-14,17-19H,5-6,8H2,1H3/t9-,12+,13-,14-/m1/s1. The van der Waals surface area contributed by atoms with Crippen LogP contribution in [0.15, 0.2) is 24.3 Å². The molecule has 2 rings (SSSR count). The van der Waals surface area contributed by atoms with E-state index in [4.69, 9.17) is 0 Å². The minimum absolute atomic E-state index is 0.230. The maximum atomic E-state index is 13.1. The molecule has 0 amide bonds. The number of benzene rings is 1. The smallest absolute Gasteiger partial charge is 0.123 e. The molecular formula is C14H20FNO3. The average molecular weight is 269 g/mol. The van der Waals surface area contributed by atoms with Gasteiger partial charge in [-0.2, -0.15) is 0 Å². The van der Waals surface area contributed by atoms with Gasteiger partial charge in [0.1, 0.15) is 11.9 Å². The Hall–Kier alpha value is -1.01. The Kier molecular flexibility index (Phi) is 4.52. The molecule has 1 aliphatic heterocycles. The molecule has 5 heteroatoms. The van der Waals surface area contributed by atoms with Gasteiger partial charge < -0.3 is 15.3 Å². The van der Waals surface area contributed by atoms with Crippen molar-refractivity contribution < 1.29 is 19.7 Å². The van der Waals surface area contributed by atoms with Crippen LogP contribution in [0.25, 0.3) is 0 Å². The van der Waals surface area contributed by atoms with Crippen LogP contribution in [-0.2, 0) is 6.42 Å². The van der Waals surface area contributed by atoms with E-state index in [0.29, 0.717) is 19.5 Å². The molecule has 0 bridgehead atoms. The van der Waals surface area contributed by atoms with Gasteiger partial charge in [-0.3, -0.25) is 4.90 Å². The number of halogens is 1. The SMILES string of the molecule is C[C@@H]1[C@@H](O)[C@H](O)[C@@H](O)CN1CCc1cccc(F)c1. The van der Waals surface area contributed by atoms with Crippen LogP contribution in [0.4, 0.5) is 4.39 Å². The van der Waals surface area contributed by atoms with Crippen molar-refractivity contribution in [1.82, 2.24) is 4.90 Å². The predicted molar refractivity (Wildman–Crippen MR) is 69.2 cm³/mol. The first-order valence-corrected chi connectivity index (χ1v) is 6.51. The fourth-order valence-electron chi connectivity index (χ4n) is 2.50. The van der Waals surface area contributed by atoms with Crippen LogP contribution in [0.1, 0.15) is 12.5 Å². The fraction of sp³-hybridized carbons (Fsp3) is 0.571. The number of hydrogen-bond donors (Lipinski definition) is 3. The van der Waals surface area contributed by atoms with E-state index >= 15 is 0 Å². The highest BCUT2D eigenvalue weighted by atomic mass is 19.1. The third kappa shape index (κ3) is 3.30. The fourth-order valence-corrected chi connectivity index (χ4v) is 2.50. The molecule has 0 aromatic heterocycles. The van der Waals surface area contributed by atoms with Crippen LogP contribution in [0.5, 0.6) is 0 Å². The Morgan fingerprint density at radius 1 is 1.26 bits per heavy atom. The lowest BCUT2D eigenvalue weighted by Crippen LogP contribution is -2.60. The van der Waals surface area contributed by atoms with Crippen molar-refractivity contribution in [2.75, 3.05) is 13.1 Å². The van der Waals surface area contributed by atoms with E-state index in [0.717, 1.165) is 5.56 Å². The van der Waals surface area contributed by atoms with Crippen LogP contribution in [-0.4, -0.2) is 57.7 Å². The van der Waals surface area contributed by atoms with Crippen molar-refractivity contribution in [3.8, 4) is 0 Å². The molecule has 106 valence electrons. The molecule has 1 aromatic carbocycles. The lowest BCUT2D eigenvalue weighted by atomic mass is 9.94. The Labute approximate surface area is 112 Å². The van der Waals surface area contributed by atoms with Crippen LogP contribution in [0.2, 0.25) is 0 Å². The monoisotopic (exact) mass is 269 g/mol. The first-order valence-electron chi connectivity index (χ1n) is 6.51. The van der Waals surface area contributed by atoms with Crippen LogP contribution >= 0.6 is 0 Å². The molecule has 1 saturated heterocycles. The quantitative estimate of drug-likeness (QED) is 0.731. The van der Waals surface area contributed by atoms with Crippen LogP contribution in [0, 0.1) is 5.82 Å². The second-order valence-corrected chi connectivity index (χ2v) is 5.16. The van der Waals surface area contributed by atoms with Gasteiger partial charge in [0.15, 0.2) is 0 Å². The van der Waals surface area contributed by atoms with E-state index in [9.17, 15) is 19.7 Å². The zero-order chi connectivity index (χ0) is 14.0. The van der Waals surface area contributed by atoms with E-state index in [1.807, 2.05) is 17.9 Å². The first kappa shape index (κ1) is 14.4. The minimum atomic E-state index is -1.10. The maximum absolute atomic E-state index is 13.1. The zero-order valence-corrected chi connectivity index (χ0v) is 10.9. The summed E-state index contributed by atoms with van der Waals surface area (Å²) in [4.78, 5) is 1.91. The highest BCUT2D eigenvalue weighted by molar-refractivity contribution is 5.16. The summed E-state index contributed by atoms with van der Waals surface area (Å²) in [5.41, 5.74) is 0.877. The average Bonchev–Trinajstić information content (AvgIpc) is 2.39. The first-order chi connectivity index (χ1) is 8.99. The molecule has 1 heterocycles. The van der Waals surface area contributed by atoms with E-state index in [1.54, 1.807) is 6.07 Å². The zero-order valence-electron chi connectivity index (χ0n) is 10.9. The van der Waals surface area contributed by atoms with Gasteiger partial charge in [-0.1, -0.05) is 12.1 Å². The third-order valence-electron chi connectivity index (χ3n) is 3.81. The molecule has 4 atom stereocenters. The Balaban J connectivity index is 1.95. The van der Waals surface area contributed by atoms with Crippen LogP contribution in [0.3, 0.4) is 0 Å². The van der Waals surface area contributed by atoms with Crippen molar-refractivity contribution in [1.29, 1.82) is 0 Å². The van der Waals surface area contributed by atoms with E-state index in [-0.39, 0.29) is 11.9 Å². The van der Waals surface area contributed by atoms with Gasteiger partial charge in [0.25, 0.3) is 0 Å². The minimum Gasteiger partial charge on any atom is -0.389 e. The number of hydrogen-bond acceptors (Lipinski definition) is 4. The second-order valence-electron chi connectivity index (χ2n) is 5.16. The lowest BCUT2D eigenvalue weighted by Gasteiger charge is -2.42. The summed E-state index contributed by atoms with van der Waals surface area (Å²) < 4.78 is 13.1. The number of aliphatic hydroxyl groups excluding tert-OH is 3. The summed E-state index contributed by atoms with van der Waals surface area (Å²) in [6, 6.07) is 6.16. The van der Waals surface area contributed by atoms with Crippen molar-refractivity contribution in [2.45, 2.75) is 37.7 Å². The molecule has 0 saturated carbocycles. The molecule has 19 heavy (non-hydrogen) atoms. The molecule has 0 unspecified atom stereocenters. The summed E-state index contributed by atoms with van der Waals surface area (Å²) in [5, 5.41) is 29.1. The van der Waals surface area contributed by atoms with Crippen molar-refractivity contribution >= 4 is 0 Å². The Morgan fingerprint density at radius 2 is 2.00 bits per heavy atom. The van der Waals surface area contributed by atoms with Gasteiger partial charge >= 0.3 is 0 Å². The second kappa shape index (κ2) is 5.96. The number of aliphatic hydroxyl groups is 3. The molecule has 0 aliphatic carbocycles. The summed E-state index contributed by atoms with van der Waals surface area (Å²) >= 11 is 0. The number of nitrogens with zero attached hydrogens (tertiary/aromatic N) is 1. The Morgan fingerprint density at radius 3 is 2.68 bits per heavy atom. The molecule has 4 nitrogen and oxygen atoms in total. The number of likely N-dealkylation sites (tertiary alicyclic amines) is 1. The lowest BCUT2D eigenvalue weighted by molar-refractivity contribution is -0.132. The van der Waals surface area contributed by atoms with Gasteiger partial charge in [-0.05, 0) is 31.0 Å². The van der Waals surface area contributed by atoms with E-state index in [2.05, 4.69) is 0 Å². The highest BCUT2D eigenvalue weighted by Gasteiger charge is 2.38. The van der Waals surface area contributed by atoms with Crippen molar-refractivity contribution in [2.24, 2.45) is 0 Å². The number of β-amino-alcohol motifs (C(OH)–C–C–N with tert-alkyl or cyclic N) is 1. The molecular weight excluding hydrogens is 249 g/mol. The van der Waals surface area contributed by atoms with Gasteiger partial charge in [-0.25, -0.2) is 4.39 Å². The molecule has 0 spiro atoms. The Bertz CT molecular complexity index is 429. The van der Waals surface area contributed by atoms with Gasteiger partial charge in [-0.15, -0.1) is 0 Å². The summed E-state index contributed by atoms with van der Waals surface area (Å²) in [5.74, 6) is -0.264. The molecule has 0 radical (unpaired) electrons. The molecule has 1 aliphatic rings. The van der Waals surface area contributed by atoms with E-state index in [1.165, 1.54) is 12.1 Å². The largest absolute Gasteiger partial charge is 0.389 e. The van der Waals surface area contributed by atoms with Gasteiger partial charge in [0.05, 0.1) is 12.2 Å². The summed E-state index contributed by atoms with van der Waals surface area (Å²) in [6.07, 6.45) is -2.37. The number of piperidine rings is 1. The maximum Gasteiger partial charge on any atom is 0.123 e. The predicted octanol–water partition coefficient (Wildman–Crippen LogP) is 0.155. The van der Waals surface area contributed by atoms with Crippen molar-refractivity contribution in [3.63, 3.8) is 0 Å². The summed E-state index contributed by atoms with van der Waals surface area (Å²) in [7, 11) is 0. The van der Waals surface area contributed by atoms with Crippen LogP contribution < -0.4 is 0 Å².